The van der Waals surface area contributed by atoms with E-state index >= 15 is 0 Å². The summed E-state index contributed by atoms with van der Waals surface area (Å²) in [5, 5.41) is 0. The predicted molar refractivity (Wildman–Crippen MR) is 405 cm³/mol. The van der Waals surface area contributed by atoms with E-state index in [-0.39, 0.29) is 163 Å². The summed E-state index contributed by atoms with van der Waals surface area (Å²) in [6, 6.07) is 0. The van der Waals surface area contributed by atoms with Crippen LogP contribution in [0.5, 0.6) is 0 Å². The zero-order chi connectivity index (χ0) is 67.8. The highest BCUT2D eigenvalue weighted by Crippen LogP contribution is 2.63. The van der Waals surface area contributed by atoms with E-state index in [1.807, 2.05) is 90.0 Å². The van der Waals surface area contributed by atoms with Crippen molar-refractivity contribution in [2.75, 3.05) is 26.4 Å². The van der Waals surface area contributed by atoms with E-state index in [9.17, 15) is 38.4 Å². The van der Waals surface area contributed by atoms with Crippen LogP contribution >= 0.6 is 0 Å². The number of rotatable bonds is 24. The molecule has 0 aliphatic heterocycles. The summed E-state index contributed by atoms with van der Waals surface area (Å²) in [6.07, 6.45) is 28.9. The molecule has 0 atom stereocenters. The molecule has 100 heavy (non-hydrogen) atoms. The summed E-state index contributed by atoms with van der Waals surface area (Å²) in [4.78, 5) is 96.7. The molecule has 0 aromatic rings. The van der Waals surface area contributed by atoms with Crippen LogP contribution in [-0.2, 0) is 76.3 Å². The minimum absolute atomic E-state index is 0. The minimum Gasteiger partial charge on any atom is -0.465 e. The number of hydrogen-bond donors (Lipinski definition) is 0. The minimum atomic E-state index is -0.550. The first kappa shape index (κ1) is 97.8. The lowest BCUT2D eigenvalue weighted by atomic mass is 9.49. The number of carbonyl (C=O) groups excluding carboxylic acids is 8. The van der Waals surface area contributed by atoms with Gasteiger partial charge in [0.05, 0.1) is 34.5 Å². The van der Waals surface area contributed by atoms with Crippen molar-refractivity contribution in [3.05, 3.63) is 0 Å². The quantitative estimate of drug-likeness (QED) is 0.0650. The second kappa shape index (κ2) is 40.3. The summed E-state index contributed by atoms with van der Waals surface area (Å²) in [5.41, 5.74) is -3.30. The van der Waals surface area contributed by atoms with Crippen molar-refractivity contribution in [2.24, 2.45) is 92.7 Å². The van der Waals surface area contributed by atoms with Gasteiger partial charge < -0.3 is 37.9 Å². The Balaban J connectivity index is 0. The third-order valence-electron chi connectivity index (χ3n) is 25.6. The maximum atomic E-state index is 12.5. The molecule has 13 fully saturated rings. The Kier molecular flexibility index (Phi) is 39.4. The fourth-order valence-electron chi connectivity index (χ4n) is 18.5. The van der Waals surface area contributed by atoms with Crippen LogP contribution in [0.3, 0.4) is 0 Å². The lowest BCUT2D eigenvalue weighted by Gasteiger charge is -2.60. The Bertz CT molecular complexity index is 2470. The van der Waals surface area contributed by atoms with Crippen molar-refractivity contribution in [2.45, 2.75) is 372 Å². The van der Waals surface area contributed by atoms with Crippen LogP contribution in [0.2, 0.25) is 0 Å². The van der Waals surface area contributed by atoms with Gasteiger partial charge in [-0.25, -0.2) is 9.59 Å². The van der Waals surface area contributed by atoms with Gasteiger partial charge in [0.15, 0.2) is 13.2 Å². The highest BCUT2D eigenvalue weighted by molar-refractivity contribution is 5.81. The number of carbonyl (C=O) groups is 8. The van der Waals surface area contributed by atoms with Crippen molar-refractivity contribution >= 4 is 47.8 Å². The Morgan fingerprint density at radius 1 is 0.320 bits per heavy atom. The van der Waals surface area contributed by atoms with Gasteiger partial charge in [0.25, 0.3) is 0 Å². The molecule has 0 saturated heterocycles. The molecule has 16 heteroatoms. The maximum absolute atomic E-state index is 12.5. The second-order valence-corrected chi connectivity index (χ2v) is 33.5. The van der Waals surface area contributed by atoms with Gasteiger partial charge in [-0.05, 0) is 301 Å². The maximum Gasteiger partial charge on any atom is 0.344 e. The van der Waals surface area contributed by atoms with Gasteiger partial charge in [0.1, 0.15) is 35.6 Å². The average molecular weight is 1420 g/mol. The number of ether oxygens (including phenoxy) is 8. The van der Waals surface area contributed by atoms with E-state index < -0.39 is 27.6 Å². The molecule has 0 spiro atoms. The molecule has 13 rings (SSSR count). The molecule has 0 aromatic heterocycles. The first-order valence-electron chi connectivity index (χ1n) is 36.7. The van der Waals surface area contributed by atoms with Gasteiger partial charge in [-0.2, -0.15) is 0 Å². The van der Waals surface area contributed by atoms with Crippen LogP contribution in [0.4, 0.5) is 0 Å². The third kappa shape index (κ3) is 23.4. The van der Waals surface area contributed by atoms with E-state index in [4.69, 9.17) is 37.9 Å². The molecule has 0 amide bonds. The molecule has 13 aliphatic rings. The topological polar surface area (TPSA) is 210 Å². The number of hydrogen-bond acceptors (Lipinski definition) is 16. The third-order valence-corrected chi connectivity index (χ3v) is 25.6. The molecular weight excluding hydrogens is 1260 g/mol. The molecular formula is C84H156O16. The lowest BCUT2D eigenvalue weighted by molar-refractivity contribution is -0.215. The van der Waals surface area contributed by atoms with E-state index in [0.717, 1.165) is 86.9 Å². The van der Waals surface area contributed by atoms with Crippen LogP contribution in [0, 0.1) is 92.7 Å². The SMILES string of the molecule is C.C.C.C.C.C.C.C.CCC(C)(C)C(=O)OCC(=O)OC1(C)CCCCC1.CCC(C)(C)C(=O)OCC(=O)OC1(CC)C2CC3CC(C2)CC1C3.CCC(C)(C)C(=O)OCCC(=O)OC1(C)C2CC3CC(C2)CC1C3.CCC(C)(C)C(=O)OCCC(=O)OC1(CC)C2CC3CC(C2)CC1C3. The predicted octanol–water partition coefficient (Wildman–Crippen LogP) is 21.1. The molecule has 0 heterocycles. The Labute approximate surface area is 612 Å². The average Bonchev–Trinajstić information content (AvgIpc) is 0.743. The van der Waals surface area contributed by atoms with Gasteiger partial charge in [-0.1, -0.05) is 107 Å². The van der Waals surface area contributed by atoms with Gasteiger partial charge in [-0.15, -0.1) is 0 Å². The highest BCUT2D eigenvalue weighted by Gasteiger charge is 2.61. The molecule has 588 valence electrons. The van der Waals surface area contributed by atoms with Gasteiger partial charge in [-0.3, -0.25) is 28.8 Å². The Morgan fingerprint density at radius 2 is 0.570 bits per heavy atom. The molecule has 0 aromatic carbocycles. The molecule has 13 aliphatic carbocycles. The zero-order valence-electron chi connectivity index (χ0n) is 60.1. The molecule has 16 nitrogen and oxygen atoms in total. The molecule has 13 saturated carbocycles. The van der Waals surface area contributed by atoms with Crippen LogP contribution in [0.15, 0.2) is 0 Å². The number of esters is 8. The molecule has 0 unspecified atom stereocenters. The lowest BCUT2D eigenvalue weighted by Crippen LogP contribution is -2.59. The summed E-state index contributed by atoms with van der Waals surface area (Å²) in [7, 11) is 0. The Morgan fingerprint density at radius 3 is 0.850 bits per heavy atom. The summed E-state index contributed by atoms with van der Waals surface area (Å²) >= 11 is 0. The van der Waals surface area contributed by atoms with E-state index in [1.54, 1.807) is 0 Å². The van der Waals surface area contributed by atoms with Gasteiger partial charge >= 0.3 is 47.8 Å². The van der Waals surface area contributed by atoms with Crippen LogP contribution < -0.4 is 0 Å². The van der Waals surface area contributed by atoms with Crippen molar-refractivity contribution in [3.63, 3.8) is 0 Å². The second-order valence-electron chi connectivity index (χ2n) is 33.5. The van der Waals surface area contributed by atoms with Gasteiger partial charge in [0, 0.05) is 0 Å². The zero-order valence-corrected chi connectivity index (χ0v) is 60.1. The monoisotopic (exact) mass is 1420 g/mol. The van der Waals surface area contributed by atoms with Crippen molar-refractivity contribution < 1.29 is 76.3 Å². The van der Waals surface area contributed by atoms with E-state index in [1.165, 1.54) is 103 Å². The first-order chi connectivity index (χ1) is 43.1. The molecule has 12 bridgehead atoms. The van der Waals surface area contributed by atoms with Crippen molar-refractivity contribution in [1.29, 1.82) is 0 Å². The van der Waals surface area contributed by atoms with E-state index in [2.05, 4.69) is 20.8 Å². The van der Waals surface area contributed by atoms with Crippen LogP contribution in [0.25, 0.3) is 0 Å². The standard InChI is InChI=1S/C21H34O4.2C20H32O4.C15H26O4.8CH4/c1-5-20(3,4)19(23)24-8-7-18(22)25-21(6-2)16-10-14-9-15(12-16)13-17(21)11-14;1-5-19(2,3)18(22)23-7-6-17(21)24-20(4)15-9-13-8-14(11-15)12-16(20)10-13;1-5-19(3,4)18(22)23-12-17(21)24-20(6-2)15-8-13-7-14(10-15)11-16(20)9-13;1-5-14(2,3)13(17)18-11-12(16)19-15(4)9-7-6-8-10-15;;;;;;;;/h14-17H,5-13H2,1-4H3;2*13-16H,5-12H2,1-4H3;5-11H2,1-4H3;8*1H4. The van der Waals surface area contributed by atoms with Crippen molar-refractivity contribution in [3.8, 4) is 0 Å². The van der Waals surface area contributed by atoms with Crippen LogP contribution in [0.1, 0.15) is 350 Å². The summed E-state index contributed by atoms with van der Waals surface area (Å²) < 4.78 is 44.4. The first-order valence-corrected chi connectivity index (χ1v) is 36.7. The fraction of sp³-hybridized carbons (Fsp3) is 0.905. The van der Waals surface area contributed by atoms with Crippen LogP contribution in [-0.4, -0.2) is 96.6 Å². The summed E-state index contributed by atoms with van der Waals surface area (Å²) in [6.45, 7) is 30.7. The van der Waals surface area contributed by atoms with E-state index in [0.29, 0.717) is 48.3 Å². The smallest absolute Gasteiger partial charge is 0.344 e. The Hall–Kier alpha value is -4.24. The molecule has 0 radical (unpaired) electrons. The molecule has 0 N–H and O–H groups in total. The summed E-state index contributed by atoms with van der Waals surface area (Å²) in [5.74, 6) is 5.90. The van der Waals surface area contributed by atoms with Gasteiger partial charge in [0.2, 0.25) is 0 Å². The largest absolute Gasteiger partial charge is 0.465 e. The highest BCUT2D eigenvalue weighted by atomic mass is 16.6. The normalized spacial score (nSPS) is 30.6. The fourth-order valence-corrected chi connectivity index (χ4v) is 18.5. The van der Waals surface area contributed by atoms with Crippen molar-refractivity contribution in [1.82, 2.24) is 0 Å².